The Labute approximate surface area is 212 Å². The van der Waals surface area contributed by atoms with Gasteiger partial charge in [0.1, 0.15) is 6.10 Å². The molecule has 5 rings (SSSR count). The fourth-order valence-corrected chi connectivity index (χ4v) is 5.02. The number of nitrogens with one attached hydrogen (secondary N) is 1. The van der Waals surface area contributed by atoms with E-state index >= 15 is 0 Å². The first-order valence-corrected chi connectivity index (χ1v) is 12.9. The third kappa shape index (κ3) is 5.21. The van der Waals surface area contributed by atoms with Crippen molar-refractivity contribution in [1.29, 1.82) is 0 Å². The molecule has 1 fully saturated rings. The zero-order chi connectivity index (χ0) is 25.1. The molecular weight excluding hydrogens is 452 g/mol. The lowest BCUT2D eigenvalue weighted by Gasteiger charge is -2.31. The molecule has 188 valence electrons. The van der Waals surface area contributed by atoms with Gasteiger partial charge in [0.25, 0.3) is 5.91 Å². The molecule has 0 bridgehead atoms. The van der Waals surface area contributed by atoms with Crippen LogP contribution in [-0.2, 0) is 29.2 Å². The zero-order valence-corrected chi connectivity index (χ0v) is 21.0. The van der Waals surface area contributed by atoms with Crippen molar-refractivity contribution in [2.24, 2.45) is 5.92 Å². The van der Waals surface area contributed by atoms with Gasteiger partial charge in [-0.25, -0.2) is 4.98 Å². The normalized spacial score (nSPS) is 18.2. The Morgan fingerprint density at radius 3 is 2.47 bits per heavy atom. The first-order chi connectivity index (χ1) is 17.5. The predicted molar refractivity (Wildman–Crippen MR) is 137 cm³/mol. The first-order valence-electron chi connectivity index (χ1n) is 12.9. The molecule has 2 aromatic carbocycles. The van der Waals surface area contributed by atoms with Gasteiger partial charge >= 0.3 is 0 Å². The summed E-state index contributed by atoms with van der Waals surface area (Å²) in [4.78, 5) is 32.3. The number of nitrogens with zero attached hydrogens (tertiary/aromatic N) is 3. The van der Waals surface area contributed by atoms with Gasteiger partial charge in [0.15, 0.2) is 5.69 Å². The summed E-state index contributed by atoms with van der Waals surface area (Å²) in [6.45, 7) is 6.98. The van der Waals surface area contributed by atoms with E-state index in [2.05, 4.69) is 60.5 Å². The Morgan fingerprint density at radius 1 is 1.06 bits per heavy atom. The van der Waals surface area contributed by atoms with E-state index in [4.69, 9.17) is 4.74 Å². The second kappa shape index (κ2) is 10.7. The number of imidazole rings is 1. The molecule has 0 aliphatic carbocycles. The lowest BCUT2D eigenvalue weighted by Crippen LogP contribution is -2.43. The summed E-state index contributed by atoms with van der Waals surface area (Å²) >= 11 is 0. The number of likely N-dealkylation sites (tertiary alicyclic amines) is 1. The summed E-state index contributed by atoms with van der Waals surface area (Å²) in [7, 11) is 0. The van der Waals surface area contributed by atoms with Crippen molar-refractivity contribution < 1.29 is 14.3 Å². The largest absolute Gasteiger partial charge is 0.365 e. The summed E-state index contributed by atoms with van der Waals surface area (Å²) in [5, 5.41) is 3.07. The fraction of sp³-hybridized carbons (Fsp3) is 0.414. The molecule has 1 N–H and O–H groups in total. The number of hydrogen-bond acceptors (Lipinski definition) is 4. The van der Waals surface area contributed by atoms with Crippen molar-refractivity contribution in [3.63, 3.8) is 0 Å². The van der Waals surface area contributed by atoms with Gasteiger partial charge in [-0.3, -0.25) is 9.59 Å². The van der Waals surface area contributed by atoms with Gasteiger partial charge < -0.3 is 19.5 Å². The van der Waals surface area contributed by atoms with E-state index < -0.39 is 0 Å². The standard InChI is InChI=1S/C29H34N4O3/c1-20(2)22-10-8-21(9-11-22)16-30-28(34)24-12-14-32(15-13-24)29(35)27-25-18-36-26(17-33(25)19-31-27)23-6-4-3-5-7-23/h3-11,19-20,24,26H,12-18H2,1-2H3,(H,30,34). The predicted octanol–water partition coefficient (Wildman–Crippen LogP) is 4.45. The van der Waals surface area contributed by atoms with Crippen LogP contribution in [0.3, 0.4) is 0 Å². The number of rotatable bonds is 6. The Hall–Kier alpha value is -3.45. The Bertz CT molecular complexity index is 1200. The average molecular weight is 487 g/mol. The molecule has 1 saturated heterocycles. The van der Waals surface area contributed by atoms with E-state index in [-0.39, 0.29) is 23.8 Å². The summed E-state index contributed by atoms with van der Waals surface area (Å²) in [6, 6.07) is 18.5. The molecule has 1 unspecified atom stereocenters. The Morgan fingerprint density at radius 2 is 1.78 bits per heavy atom. The van der Waals surface area contributed by atoms with Crippen LogP contribution in [0, 0.1) is 5.92 Å². The molecule has 0 spiro atoms. The molecule has 0 radical (unpaired) electrons. The molecule has 0 saturated carbocycles. The summed E-state index contributed by atoms with van der Waals surface area (Å²) in [5.74, 6) is 0.409. The number of carbonyl (C=O) groups is 2. The van der Waals surface area contributed by atoms with Gasteiger partial charge in [0.2, 0.25) is 5.91 Å². The highest BCUT2D eigenvalue weighted by Gasteiger charge is 2.32. The van der Waals surface area contributed by atoms with Crippen molar-refractivity contribution in [2.45, 2.75) is 58.4 Å². The quantitative estimate of drug-likeness (QED) is 0.559. The molecule has 3 aromatic rings. The SMILES string of the molecule is CC(C)c1ccc(CNC(=O)C2CCN(C(=O)c3ncn4c3COC(c3ccccc3)C4)CC2)cc1. The van der Waals surface area contributed by atoms with Crippen molar-refractivity contribution in [3.05, 3.63) is 89.0 Å². The summed E-state index contributed by atoms with van der Waals surface area (Å²) in [5.41, 5.74) is 4.81. The highest BCUT2D eigenvalue weighted by Crippen LogP contribution is 2.29. The van der Waals surface area contributed by atoms with E-state index in [0.717, 1.165) is 16.8 Å². The van der Waals surface area contributed by atoms with Crippen LogP contribution in [0.5, 0.6) is 0 Å². The van der Waals surface area contributed by atoms with Crippen LogP contribution in [0.4, 0.5) is 0 Å². The van der Waals surface area contributed by atoms with Gasteiger partial charge in [-0.1, -0.05) is 68.4 Å². The van der Waals surface area contributed by atoms with Gasteiger partial charge in [-0.15, -0.1) is 0 Å². The minimum atomic E-state index is -0.0744. The highest BCUT2D eigenvalue weighted by atomic mass is 16.5. The van der Waals surface area contributed by atoms with Crippen molar-refractivity contribution in [3.8, 4) is 0 Å². The smallest absolute Gasteiger partial charge is 0.274 e. The van der Waals surface area contributed by atoms with Gasteiger partial charge in [0, 0.05) is 25.6 Å². The Kier molecular flexibility index (Phi) is 7.18. The first kappa shape index (κ1) is 24.3. The van der Waals surface area contributed by atoms with Crippen LogP contribution in [0.15, 0.2) is 60.9 Å². The second-order valence-corrected chi connectivity index (χ2v) is 10.1. The third-order valence-corrected chi connectivity index (χ3v) is 7.37. The topological polar surface area (TPSA) is 76.5 Å². The minimum Gasteiger partial charge on any atom is -0.365 e. The van der Waals surface area contributed by atoms with E-state index in [9.17, 15) is 9.59 Å². The van der Waals surface area contributed by atoms with E-state index in [1.807, 2.05) is 27.7 Å². The van der Waals surface area contributed by atoms with E-state index in [1.165, 1.54) is 5.56 Å². The zero-order valence-electron chi connectivity index (χ0n) is 21.0. The highest BCUT2D eigenvalue weighted by molar-refractivity contribution is 5.93. The van der Waals surface area contributed by atoms with Crippen molar-refractivity contribution in [1.82, 2.24) is 19.8 Å². The second-order valence-electron chi connectivity index (χ2n) is 10.1. The van der Waals surface area contributed by atoms with Crippen molar-refractivity contribution in [2.75, 3.05) is 13.1 Å². The van der Waals surface area contributed by atoms with E-state index in [0.29, 0.717) is 57.2 Å². The molecular formula is C29H34N4O3. The number of carbonyl (C=O) groups excluding carboxylic acids is 2. The number of fused-ring (bicyclic) bond motifs is 1. The average Bonchev–Trinajstić information content (AvgIpc) is 3.35. The third-order valence-electron chi connectivity index (χ3n) is 7.37. The summed E-state index contributed by atoms with van der Waals surface area (Å²) in [6.07, 6.45) is 3.02. The van der Waals surface area contributed by atoms with Crippen LogP contribution >= 0.6 is 0 Å². The fourth-order valence-electron chi connectivity index (χ4n) is 5.02. The number of hydrogen-bond donors (Lipinski definition) is 1. The monoisotopic (exact) mass is 486 g/mol. The minimum absolute atomic E-state index is 0.0433. The number of ether oxygens (including phenoxy) is 1. The van der Waals surface area contributed by atoms with E-state index in [1.54, 1.807) is 6.33 Å². The van der Waals surface area contributed by atoms with Gasteiger partial charge in [-0.05, 0) is 35.4 Å². The molecule has 36 heavy (non-hydrogen) atoms. The number of aromatic nitrogens is 2. The molecule has 2 aliphatic rings. The molecule has 3 heterocycles. The van der Waals surface area contributed by atoms with Crippen LogP contribution in [0.1, 0.15) is 71.6 Å². The van der Waals surface area contributed by atoms with Crippen LogP contribution < -0.4 is 5.32 Å². The molecule has 7 nitrogen and oxygen atoms in total. The molecule has 2 aliphatic heterocycles. The number of piperidine rings is 1. The van der Waals surface area contributed by atoms with Crippen LogP contribution in [0.25, 0.3) is 0 Å². The van der Waals surface area contributed by atoms with Gasteiger partial charge in [0.05, 0.1) is 25.2 Å². The van der Waals surface area contributed by atoms with Crippen LogP contribution in [-0.4, -0.2) is 39.4 Å². The lowest BCUT2D eigenvalue weighted by atomic mass is 9.95. The van der Waals surface area contributed by atoms with Crippen molar-refractivity contribution >= 4 is 11.8 Å². The Balaban J connectivity index is 1.13. The summed E-state index contributed by atoms with van der Waals surface area (Å²) < 4.78 is 8.10. The van der Waals surface area contributed by atoms with Crippen LogP contribution in [0.2, 0.25) is 0 Å². The maximum Gasteiger partial charge on any atom is 0.274 e. The molecule has 2 amide bonds. The number of amides is 2. The molecule has 7 heteroatoms. The maximum atomic E-state index is 13.2. The molecule has 1 atom stereocenters. The van der Waals surface area contributed by atoms with Gasteiger partial charge in [-0.2, -0.15) is 0 Å². The lowest BCUT2D eigenvalue weighted by molar-refractivity contribution is -0.126. The maximum absolute atomic E-state index is 13.2. The number of benzene rings is 2. The molecule has 1 aromatic heterocycles.